The Kier molecular flexibility index (Phi) is 5.69. The summed E-state index contributed by atoms with van der Waals surface area (Å²) in [5, 5.41) is 20.9. The molecular weight excluding hydrogens is 430 g/mol. The van der Waals surface area contributed by atoms with E-state index < -0.39 is 10.8 Å². The van der Waals surface area contributed by atoms with E-state index in [1.54, 1.807) is 43.8 Å². The standard InChI is InChI=1S/C22H19N5O4S/c1-13-4-5-16(11-19(13)27(29)30)21(28)24-20-10-14(2)25-26(20)22-23-18(12-32-22)15-6-8-17(31-3)9-7-15/h4-12H,1-3H3,(H,24,28). The van der Waals surface area contributed by atoms with E-state index in [-0.39, 0.29) is 11.3 Å². The number of nitro groups is 1. The van der Waals surface area contributed by atoms with Crippen molar-refractivity contribution in [1.29, 1.82) is 0 Å². The molecule has 9 nitrogen and oxygen atoms in total. The predicted molar refractivity (Wildman–Crippen MR) is 122 cm³/mol. The number of nitro benzene ring substituents is 1. The van der Waals surface area contributed by atoms with Crippen molar-refractivity contribution in [3.63, 3.8) is 0 Å². The minimum atomic E-state index is -0.503. The maximum Gasteiger partial charge on any atom is 0.273 e. The van der Waals surface area contributed by atoms with Gasteiger partial charge in [-0.25, -0.2) is 4.98 Å². The number of carbonyl (C=O) groups excluding carboxylic acids is 1. The fraction of sp³-hybridized carbons (Fsp3) is 0.136. The number of amides is 1. The van der Waals surface area contributed by atoms with Crippen molar-refractivity contribution in [2.45, 2.75) is 13.8 Å². The first-order valence-electron chi connectivity index (χ1n) is 9.59. The zero-order valence-corrected chi connectivity index (χ0v) is 18.3. The first kappa shape index (κ1) is 21.2. The molecule has 0 aliphatic carbocycles. The third kappa shape index (κ3) is 4.21. The van der Waals surface area contributed by atoms with Gasteiger partial charge in [-0.15, -0.1) is 11.3 Å². The number of carbonyl (C=O) groups is 1. The van der Waals surface area contributed by atoms with E-state index in [9.17, 15) is 14.9 Å². The second-order valence-electron chi connectivity index (χ2n) is 7.04. The van der Waals surface area contributed by atoms with Crippen LogP contribution >= 0.6 is 11.3 Å². The Hall–Kier alpha value is -4.05. The number of hydrogen-bond acceptors (Lipinski definition) is 7. The summed E-state index contributed by atoms with van der Waals surface area (Å²) >= 11 is 1.38. The molecule has 2 heterocycles. The molecule has 32 heavy (non-hydrogen) atoms. The Balaban J connectivity index is 1.61. The Morgan fingerprint density at radius 2 is 1.91 bits per heavy atom. The summed E-state index contributed by atoms with van der Waals surface area (Å²) in [6.07, 6.45) is 0. The van der Waals surface area contributed by atoms with Gasteiger partial charge in [0, 0.05) is 34.2 Å². The van der Waals surface area contributed by atoms with Gasteiger partial charge < -0.3 is 10.1 Å². The van der Waals surface area contributed by atoms with E-state index in [2.05, 4.69) is 15.4 Å². The van der Waals surface area contributed by atoms with Gasteiger partial charge in [0.25, 0.3) is 11.6 Å². The molecule has 0 atom stereocenters. The monoisotopic (exact) mass is 449 g/mol. The molecule has 0 saturated heterocycles. The third-order valence-corrected chi connectivity index (χ3v) is 5.62. The molecule has 4 aromatic rings. The molecule has 0 bridgehead atoms. The summed E-state index contributed by atoms with van der Waals surface area (Å²) < 4.78 is 6.74. The van der Waals surface area contributed by atoms with Crippen LogP contribution in [0.25, 0.3) is 16.4 Å². The van der Waals surface area contributed by atoms with Gasteiger partial charge >= 0.3 is 0 Å². The van der Waals surface area contributed by atoms with Crippen LogP contribution in [0.1, 0.15) is 21.6 Å². The fourth-order valence-electron chi connectivity index (χ4n) is 3.13. The van der Waals surface area contributed by atoms with Crippen molar-refractivity contribution >= 4 is 28.7 Å². The van der Waals surface area contributed by atoms with Crippen molar-refractivity contribution in [2.24, 2.45) is 0 Å². The molecule has 1 amide bonds. The Morgan fingerprint density at radius 1 is 1.16 bits per heavy atom. The highest BCUT2D eigenvalue weighted by molar-refractivity contribution is 7.12. The predicted octanol–water partition coefficient (Wildman–Crippen LogP) is 4.78. The number of aryl methyl sites for hydroxylation is 2. The van der Waals surface area contributed by atoms with Gasteiger partial charge in [-0.3, -0.25) is 14.9 Å². The van der Waals surface area contributed by atoms with E-state index in [0.717, 1.165) is 17.0 Å². The molecule has 0 radical (unpaired) electrons. The number of thiazole rings is 1. The molecule has 0 spiro atoms. The number of anilines is 1. The minimum Gasteiger partial charge on any atom is -0.497 e. The van der Waals surface area contributed by atoms with Gasteiger partial charge in [0.1, 0.15) is 11.6 Å². The van der Waals surface area contributed by atoms with Gasteiger partial charge in [-0.2, -0.15) is 9.78 Å². The van der Waals surface area contributed by atoms with Gasteiger partial charge in [0.15, 0.2) is 0 Å². The summed E-state index contributed by atoms with van der Waals surface area (Å²) in [7, 11) is 1.61. The maximum absolute atomic E-state index is 12.8. The average molecular weight is 449 g/mol. The van der Waals surface area contributed by atoms with Crippen LogP contribution in [-0.4, -0.2) is 32.7 Å². The highest BCUT2D eigenvalue weighted by Gasteiger charge is 2.18. The highest BCUT2D eigenvalue weighted by atomic mass is 32.1. The van der Waals surface area contributed by atoms with E-state index in [4.69, 9.17) is 4.74 Å². The topological polar surface area (TPSA) is 112 Å². The van der Waals surface area contributed by atoms with Gasteiger partial charge in [-0.1, -0.05) is 6.07 Å². The highest BCUT2D eigenvalue weighted by Crippen LogP contribution is 2.28. The summed E-state index contributed by atoms with van der Waals surface area (Å²) in [5.41, 5.74) is 2.96. The lowest BCUT2D eigenvalue weighted by Gasteiger charge is -2.07. The summed E-state index contributed by atoms with van der Waals surface area (Å²) in [5.74, 6) is 0.709. The number of hydrogen-bond donors (Lipinski definition) is 1. The fourth-order valence-corrected chi connectivity index (χ4v) is 3.92. The zero-order chi connectivity index (χ0) is 22.8. The van der Waals surface area contributed by atoms with E-state index in [0.29, 0.717) is 22.2 Å². The van der Waals surface area contributed by atoms with E-state index in [1.165, 1.54) is 17.4 Å². The quantitative estimate of drug-likeness (QED) is 0.335. The SMILES string of the molecule is COc1ccc(-c2csc(-n3nc(C)cc3NC(=O)c3ccc(C)c([N+](=O)[O-])c3)n2)cc1. The number of nitrogens with zero attached hydrogens (tertiary/aromatic N) is 4. The average Bonchev–Trinajstić information content (AvgIpc) is 3.40. The van der Waals surface area contributed by atoms with Crippen LogP contribution in [0, 0.1) is 24.0 Å². The first-order chi connectivity index (χ1) is 15.4. The normalized spacial score (nSPS) is 10.7. The molecular formula is C22H19N5O4S. The van der Waals surface area contributed by atoms with Crippen LogP contribution in [0.5, 0.6) is 5.75 Å². The Bertz CT molecular complexity index is 1310. The third-order valence-electron chi connectivity index (χ3n) is 4.80. The van der Waals surface area contributed by atoms with Crippen molar-refractivity contribution in [2.75, 3.05) is 12.4 Å². The second kappa shape index (κ2) is 8.60. The summed E-state index contributed by atoms with van der Waals surface area (Å²) in [6, 6.07) is 13.6. The molecule has 0 unspecified atom stereocenters. The van der Waals surface area contributed by atoms with Crippen LogP contribution in [-0.2, 0) is 0 Å². The smallest absolute Gasteiger partial charge is 0.273 e. The second-order valence-corrected chi connectivity index (χ2v) is 7.88. The Morgan fingerprint density at radius 3 is 2.59 bits per heavy atom. The number of ether oxygens (including phenoxy) is 1. The molecule has 1 N–H and O–H groups in total. The summed E-state index contributed by atoms with van der Waals surface area (Å²) in [6.45, 7) is 3.43. The lowest BCUT2D eigenvalue weighted by atomic mass is 10.1. The van der Waals surface area contributed by atoms with Crippen LogP contribution in [0.15, 0.2) is 53.9 Å². The van der Waals surface area contributed by atoms with Crippen molar-refractivity contribution < 1.29 is 14.5 Å². The Labute approximate surface area is 187 Å². The number of nitrogens with one attached hydrogen (secondary N) is 1. The number of benzene rings is 2. The van der Waals surface area contributed by atoms with Crippen molar-refractivity contribution in [3.05, 3.63) is 80.8 Å². The molecule has 0 saturated carbocycles. The molecule has 162 valence electrons. The maximum atomic E-state index is 12.8. The molecule has 0 aliphatic rings. The van der Waals surface area contributed by atoms with Gasteiger partial charge in [0.05, 0.1) is 23.4 Å². The number of methoxy groups -OCH3 is 1. The van der Waals surface area contributed by atoms with Crippen LogP contribution < -0.4 is 10.1 Å². The van der Waals surface area contributed by atoms with Crippen LogP contribution in [0.3, 0.4) is 0 Å². The van der Waals surface area contributed by atoms with E-state index in [1.807, 2.05) is 29.6 Å². The molecule has 10 heteroatoms. The largest absolute Gasteiger partial charge is 0.497 e. The van der Waals surface area contributed by atoms with Gasteiger partial charge in [-0.05, 0) is 44.2 Å². The van der Waals surface area contributed by atoms with Crippen LogP contribution in [0.2, 0.25) is 0 Å². The molecule has 0 fully saturated rings. The molecule has 0 aliphatic heterocycles. The molecule has 2 aromatic carbocycles. The lowest BCUT2D eigenvalue weighted by molar-refractivity contribution is -0.385. The van der Waals surface area contributed by atoms with E-state index >= 15 is 0 Å². The number of rotatable bonds is 6. The van der Waals surface area contributed by atoms with Crippen molar-refractivity contribution in [3.8, 4) is 22.1 Å². The minimum absolute atomic E-state index is 0.105. The lowest BCUT2D eigenvalue weighted by Crippen LogP contribution is -2.15. The van der Waals surface area contributed by atoms with Crippen LogP contribution in [0.4, 0.5) is 11.5 Å². The van der Waals surface area contributed by atoms with Gasteiger partial charge in [0.2, 0.25) is 5.13 Å². The summed E-state index contributed by atoms with van der Waals surface area (Å²) in [4.78, 5) is 28.1. The first-order valence-corrected chi connectivity index (χ1v) is 10.5. The van der Waals surface area contributed by atoms with Crippen molar-refractivity contribution in [1.82, 2.24) is 14.8 Å². The number of aromatic nitrogens is 3. The molecule has 4 rings (SSSR count). The zero-order valence-electron chi connectivity index (χ0n) is 17.5. The molecule has 2 aromatic heterocycles.